The summed E-state index contributed by atoms with van der Waals surface area (Å²) in [6.07, 6.45) is 0. The first-order valence-electron chi connectivity index (χ1n) is 4.02. The topological polar surface area (TPSA) is 66.0 Å². The van der Waals surface area contributed by atoms with Crippen LogP contribution in [-0.4, -0.2) is 21.3 Å². The zero-order valence-electron chi connectivity index (χ0n) is 7.44. The predicted octanol–water partition coefficient (Wildman–Crippen LogP) is 2.14. The van der Waals surface area contributed by atoms with Gasteiger partial charge < -0.3 is 5.11 Å². The smallest absolute Gasteiger partial charge is 0.339 e. The van der Waals surface area contributed by atoms with E-state index in [1.165, 1.54) is 11.3 Å². The SMILES string of the molecule is Cc1[nH]nc(-c2cccs2)c1C(=O)O. The summed E-state index contributed by atoms with van der Waals surface area (Å²) in [5.41, 5.74) is 1.36. The van der Waals surface area contributed by atoms with E-state index in [0.29, 0.717) is 11.4 Å². The molecule has 2 aromatic heterocycles. The van der Waals surface area contributed by atoms with Crippen LogP contribution in [0, 0.1) is 6.92 Å². The molecule has 2 rings (SSSR count). The number of aromatic carboxylic acids is 1. The number of thiophene rings is 1. The number of nitrogens with zero attached hydrogens (tertiary/aromatic N) is 1. The van der Waals surface area contributed by atoms with E-state index in [2.05, 4.69) is 10.2 Å². The van der Waals surface area contributed by atoms with Gasteiger partial charge in [0, 0.05) is 5.69 Å². The fourth-order valence-electron chi connectivity index (χ4n) is 1.28. The second-order valence-corrected chi connectivity index (χ2v) is 3.80. The Balaban J connectivity index is 2.60. The van der Waals surface area contributed by atoms with Crippen molar-refractivity contribution in [2.75, 3.05) is 0 Å². The Morgan fingerprint density at radius 2 is 2.43 bits per heavy atom. The first-order chi connectivity index (χ1) is 6.70. The molecule has 2 N–H and O–H groups in total. The fourth-order valence-corrected chi connectivity index (χ4v) is 2.00. The molecule has 14 heavy (non-hydrogen) atoms. The number of H-pyrrole nitrogens is 1. The molecule has 0 saturated carbocycles. The molecule has 0 spiro atoms. The van der Waals surface area contributed by atoms with Crippen LogP contribution in [0.2, 0.25) is 0 Å². The molecule has 0 aliphatic carbocycles. The van der Waals surface area contributed by atoms with E-state index in [4.69, 9.17) is 5.11 Å². The third kappa shape index (κ3) is 1.31. The van der Waals surface area contributed by atoms with Gasteiger partial charge in [-0.25, -0.2) is 4.79 Å². The third-order valence-corrected chi connectivity index (χ3v) is 2.79. The molecule has 72 valence electrons. The zero-order chi connectivity index (χ0) is 10.1. The summed E-state index contributed by atoms with van der Waals surface area (Å²) in [6, 6.07) is 3.72. The maximum absolute atomic E-state index is 10.9. The van der Waals surface area contributed by atoms with E-state index >= 15 is 0 Å². The third-order valence-electron chi connectivity index (χ3n) is 1.92. The van der Waals surface area contributed by atoms with Crippen molar-refractivity contribution < 1.29 is 9.90 Å². The number of carbonyl (C=O) groups is 1. The second kappa shape index (κ2) is 3.26. The maximum atomic E-state index is 10.9. The molecule has 2 heterocycles. The Morgan fingerprint density at radius 1 is 1.64 bits per heavy atom. The summed E-state index contributed by atoms with van der Waals surface area (Å²) in [5.74, 6) is -0.945. The second-order valence-electron chi connectivity index (χ2n) is 2.85. The van der Waals surface area contributed by atoms with E-state index in [-0.39, 0.29) is 5.56 Å². The number of rotatable bonds is 2. The summed E-state index contributed by atoms with van der Waals surface area (Å²) in [5, 5.41) is 17.5. The van der Waals surface area contributed by atoms with E-state index in [1.54, 1.807) is 6.92 Å². The van der Waals surface area contributed by atoms with Crippen molar-refractivity contribution in [2.45, 2.75) is 6.92 Å². The lowest BCUT2D eigenvalue weighted by molar-refractivity contribution is 0.0697. The molecule has 0 unspecified atom stereocenters. The summed E-state index contributed by atoms with van der Waals surface area (Å²) in [4.78, 5) is 11.8. The van der Waals surface area contributed by atoms with Crippen molar-refractivity contribution in [3.8, 4) is 10.6 Å². The summed E-state index contributed by atoms with van der Waals surface area (Å²) < 4.78 is 0. The molecule has 0 atom stereocenters. The van der Waals surface area contributed by atoms with Gasteiger partial charge in [-0.05, 0) is 18.4 Å². The Morgan fingerprint density at radius 3 is 3.00 bits per heavy atom. The Bertz CT molecular complexity index is 459. The van der Waals surface area contributed by atoms with Crippen LogP contribution in [0.3, 0.4) is 0 Å². The van der Waals surface area contributed by atoms with E-state index in [9.17, 15) is 4.79 Å². The summed E-state index contributed by atoms with van der Waals surface area (Å²) in [7, 11) is 0. The van der Waals surface area contributed by atoms with Crippen LogP contribution >= 0.6 is 11.3 Å². The lowest BCUT2D eigenvalue weighted by Gasteiger charge is -1.94. The van der Waals surface area contributed by atoms with Crippen molar-refractivity contribution in [2.24, 2.45) is 0 Å². The Labute approximate surface area is 84.2 Å². The molecule has 2 aromatic rings. The maximum Gasteiger partial charge on any atom is 0.339 e. The van der Waals surface area contributed by atoms with Gasteiger partial charge in [0.2, 0.25) is 0 Å². The molecule has 0 bridgehead atoms. The first-order valence-corrected chi connectivity index (χ1v) is 4.90. The molecule has 0 aromatic carbocycles. The molecule has 5 heteroatoms. The number of aryl methyl sites for hydroxylation is 1. The van der Waals surface area contributed by atoms with Gasteiger partial charge in [-0.3, -0.25) is 5.10 Å². The Hall–Kier alpha value is -1.62. The average molecular weight is 208 g/mol. The monoisotopic (exact) mass is 208 g/mol. The lowest BCUT2D eigenvalue weighted by atomic mass is 10.2. The van der Waals surface area contributed by atoms with Gasteiger partial charge in [0.1, 0.15) is 11.3 Å². The number of carboxylic acid groups (broad SMARTS) is 1. The fraction of sp³-hybridized carbons (Fsp3) is 0.111. The minimum Gasteiger partial charge on any atom is -0.478 e. The largest absolute Gasteiger partial charge is 0.478 e. The first kappa shape index (κ1) is 8.96. The number of hydrogen-bond donors (Lipinski definition) is 2. The van der Waals surface area contributed by atoms with Crippen LogP contribution in [0.5, 0.6) is 0 Å². The Kier molecular flexibility index (Phi) is 2.09. The average Bonchev–Trinajstić information content (AvgIpc) is 2.70. The van der Waals surface area contributed by atoms with Gasteiger partial charge in [-0.1, -0.05) is 6.07 Å². The molecule has 0 aliphatic rings. The molecule has 0 radical (unpaired) electrons. The van der Waals surface area contributed by atoms with Gasteiger partial charge in [0.15, 0.2) is 0 Å². The summed E-state index contributed by atoms with van der Waals surface area (Å²) in [6.45, 7) is 1.70. The van der Waals surface area contributed by atoms with Crippen molar-refractivity contribution in [3.63, 3.8) is 0 Å². The zero-order valence-corrected chi connectivity index (χ0v) is 8.26. The molecule has 0 fully saturated rings. The van der Waals surface area contributed by atoms with Crippen molar-refractivity contribution >= 4 is 17.3 Å². The van der Waals surface area contributed by atoms with E-state index in [1.807, 2.05) is 17.5 Å². The van der Waals surface area contributed by atoms with Gasteiger partial charge in [-0.15, -0.1) is 11.3 Å². The van der Waals surface area contributed by atoms with Crippen LogP contribution in [-0.2, 0) is 0 Å². The highest BCUT2D eigenvalue weighted by molar-refractivity contribution is 7.13. The number of hydrogen-bond acceptors (Lipinski definition) is 3. The van der Waals surface area contributed by atoms with Crippen LogP contribution in [0.15, 0.2) is 17.5 Å². The highest BCUT2D eigenvalue weighted by atomic mass is 32.1. The quantitative estimate of drug-likeness (QED) is 0.794. The van der Waals surface area contributed by atoms with Gasteiger partial charge in [0.05, 0.1) is 4.88 Å². The van der Waals surface area contributed by atoms with Crippen LogP contribution in [0.25, 0.3) is 10.6 Å². The van der Waals surface area contributed by atoms with Crippen molar-refractivity contribution in [3.05, 3.63) is 28.8 Å². The van der Waals surface area contributed by atoms with E-state index in [0.717, 1.165) is 4.88 Å². The summed E-state index contributed by atoms with van der Waals surface area (Å²) >= 11 is 1.48. The lowest BCUT2D eigenvalue weighted by Crippen LogP contribution is -1.98. The molecule has 4 nitrogen and oxygen atoms in total. The number of carboxylic acids is 1. The minimum absolute atomic E-state index is 0.257. The molecule has 0 saturated heterocycles. The molecule has 0 aliphatic heterocycles. The van der Waals surface area contributed by atoms with E-state index < -0.39 is 5.97 Å². The van der Waals surface area contributed by atoms with Gasteiger partial charge in [-0.2, -0.15) is 5.10 Å². The normalized spacial score (nSPS) is 10.4. The predicted molar refractivity (Wildman–Crippen MR) is 53.6 cm³/mol. The molecule has 0 amide bonds. The van der Waals surface area contributed by atoms with Crippen LogP contribution < -0.4 is 0 Å². The van der Waals surface area contributed by atoms with Crippen molar-refractivity contribution in [1.29, 1.82) is 0 Å². The van der Waals surface area contributed by atoms with Crippen LogP contribution in [0.1, 0.15) is 16.1 Å². The molecular formula is C9H8N2O2S. The number of nitrogens with one attached hydrogen (secondary N) is 1. The number of aromatic nitrogens is 2. The van der Waals surface area contributed by atoms with Gasteiger partial charge in [0.25, 0.3) is 0 Å². The highest BCUT2D eigenvalue weighted by Crippen LogP contribution is 2.27. The highest BCUT2D eigenvalue weighted by Gasteiger charge is 2.18. The minimum atomic E-state index is -0.945. The molecular weight excluding hydrogens is 200 g/mol. The standard InChI is InChI=1S/C9H8N2O2S/c1-5-7(9(12)13)8(11-10-5)6-3-2-4-14-6/h2-4H,1H3,(H,10,11)(H,12,13). The van der Waals surface area contributed by atoms with Crippen LogP contribution in [0.4, 0.5) is 0 Å². The number of aromatic amines is 1. The van der Waals surface area contributed by atoms with Gasteiger partial charge >= 0.3 is 5.97 Å². The van der Waals surface area contributed by atoms with Crippen molar-refractivity contribution in [1.82, 2.24) is 10.2 Å².